The summed E-state index contributed by atoms with van der Waals surface area (Å²) in [6.45, 7) is 1.62. The molecular formula is C16H13BrN4O3. The number of aromatic nitrogens is 3. The monoisotopic (exact) mass is 388 g/mol. The minimum atomic E-state index is -0.749. The summed E-state index contributed by atoms with van der Waals surface area (Å²) < 4.78 is 5.72. The Bertz CT molecular complexity index is 986. The molecule has 0 saturated heterocycles. The molecule has 0 radical (unpaired) electrons. The maximum atomic E-state index is 12.3. The van der Waals surface area contributed by atoms with Crippen LogP contribution in [0, 0.1) is 0 Å². The first-order valence-corrected chi connectivity index (χ1v) is 7.86. The number of H-pyrrole nitrogens is 1. The zero-order chi connectivity index (χ0) is 17.3. The van der Waals surface area contributed by atoms with Gasteiger partial charge in [-0.05, 0) is 41.1 Å². The highest BCUT2D eigenvalue weighted by molar-refractivity contribution is 9.10. The normalized spacial score (nSPS) is 12.1. The van der Waals surface area contributed by atoms with Crippen molar-refractivity contribution < 1.29 is 9.53 Å². The quantitative estimate of drug-likeness (QED) is 0.526. The smallest absolute Gasteiger partial charge is 0.341 e. The second kappa shape index (κ2) is 6.40. The maximum Gasteiger partial charge on any atom is 0.341 e. The van der Waals surface area contributed by atoms with Gasteiger partial charge in [0.25, 0.3) is 5.56 Å². The number of para-hydroxylation sites is 1. The lowest BCUT2D eigenvalue weighted by molar-refractivity contribution is 0.0321. The number of fused-ring (bicyclic) bond motifs is 1. The molecule has 3 aromatic rings. The molecule has 3 rings (SSSR count). The van der Waals surface area contributed by atoms with Crippen molar-refractivity contribution in [1.29, 1.82) is 0 Å². The molecule has 7 nitrogen and oxygen atoms in total. The van der Waals surface area contributed by atoms with Gasteiger partial charge in [-0.15, -0.1) is 0 Å². The number of ether oxygens (including phenoxy) is 1. The summed E-state index contributed by atoms with van der Waals surface area (Å²) in [6.07, 6.45) is 0.693. The number of nitrogens with one attached hydrogen (secondary N) is 1. The third kappa shape index (κ3) is 3.00. The van der Waals surface area contributed by atoms with Gasteiger partial charge in [0, 0.05) is 6.20 Å². The second-order valence-electron chi connectivity index (χ2n) is 5.08. The van der Waals surface area contributed by atoms with Gasteiger partial charge in [-0.25, -0.2) is 14.8 Å². The molecule has 24 heavy (non-hydrogen) atoms. The third-order valence-corrected chi connectivity index (χ3v) is 4.09. The highest BCUT2D eigenvalue weighted by Crippen LogP contribution is 2.23. The van der Waals surface area contributed by atoms with Crippen LogP contribution in [0.3, 0.4) is 0 Å². The van der Waals surface area contributed by atoms with Crippen molar-refractivity contribution in [3.05, 3.63) is 62.9 Å². The van der Waals surface area contributed by atoms with Crippen LogP contribution in [0.15, 0.2) is 45.9 Å². The van der Waals surface area contributed by atoms with Gasteiger partial charge in [-0.1, -0.05) is 12.1 Å². The van der Waals surface area contributed by atoms with Gasteiger partial charge in [0.15, 0.2) is 11.9 Å². The number of halogens is 1. The highest BCUT2D eigenvalue weighted by Gasteiger charge is 2.19. The molecule has 1 aromatic carbocycles. The molecule has 2 heterocycles. The fraction of sp³-hybridized carbons (Fsp3) is 0.125. The van der Waals surface area contributed by atoms with E-state index in [1.54, 1.807) is 31.2 Å². The van der Waals surface area contributed by atoms with E-state index >= 15 is 0 Å². The van der Waals surface area contributed by atoms with Gasteiger partial charge in [-0.3, -0.25) is 4.79 Å². The number of rotatable bonds is 3. The van der Waals surface area contributed by atoms with Crippen molar-refractivity contribution in [2.24, 2.45) is 0 Å². The highest BCUT2D eigenvalue weighted by atomic mass is 79.9. The minimum absolute atomic E-state index is 0.187. The van der Waals surface area contributed by atoms with Crippen molar-refractivity contribution in [2.45, 2.75) is 13.0 Å². The van der Waals surface area contributed by atoms with Crippen LogP contribution >= 0.6 is 15.9 Å². The third-order valence-electron chi connectivity index (χ3n) is 3.46. The number of nitrogen functional groups attached to an aromatic ring is 1. The van der Waals surface area contributed by atoms with E-state index in [1.807, 2.05) is 0 Å². The van der Waals surface area contributed by atoms with Gasteiger partial charge < -0.3 is 15.5 Å². The molecular weight excluding hydrogens is 376 g/mol. The van der Waals surface area contributed by atoms with Gasteiger partial charge in [0.05, 0.1) is 22.2 Å². The molecule has 0 aliphatic carbocycles. The SMILES string of the molecule is C[C@@H](OC(=O)c1ccnc(Br)c1N)c1nc2ccccc2c(=O)[nH]1. The van der Waals surface area contributed by atoms with Gasteiger partial charge in [0.2, 0.25) is 0 Å². The molecule has 0 spiro atoms. The van der Waals surface area contributed by atoms with Crippen LogP contribution in [0.1, 0.15) is 29.2 Å². The van der Waals surface area contributed by atoms with E-state index < -0.39 is 12.1 Å². The molecule has 2 aromatic heterocycles. The number of hydrogen-bond acceptors (Lipinski definition) is 6. The molecule has 0 saturated carbocycles. The molecule has 3 N–H and O–H groups in total. The zero-order valence-electron chi connectivity index (χ0n) is 12.6. The summed E-state index contributed by atoms with van der Waals surface area (Å²) in [5.74, 6) is -0.363. The molecule has 0 amide bonds. The fourth-order valence-corrected chi connectivity index (χ4v) is 2.53. The predicted octanol–water partition coefficient (Wildman–Crippen LogP) is 2.58. The Morgan fingerprint density at radius 1 is 1.33 bits per heavy atom. The number of hydrogen-bond donors (Lipinski definition) is 2. The van der Waals surface area contributed by atoms with Crippen LogP contribution in [-0.2, 0) is 4.74 Å². The largest absolute Gasteiger partial charge is 0.451 e. The average molecular weight is 389 g/mol. The summed E-state index contributed by atoms with van der Waals surface area (Å²) in [4.78, 5) is 35.3. The van der Waals surface area contributed by atoms with Crippen LogP contribution in [0.5, 0.6) is 0 Å². The van der Waals surface area contributed by atoms with Gasteiger partial charge in [-0.2, -0.15) is 0 Å². The Morgan fingerprint density at radius 3 is 2.88 bits per heavy atom. The van der Waals surface area contributed by atoms with E-state index in [9.17, 15) is 9.59 Å². The Morgan fingerprint density at radius 2 is 2.08 bits per heavy atom. The lowest BCUT2D eigenvalue weighted by atomic mass is 10.2. The van der Waals surface area contributed by atoms with Crippen molar-refractivity contribution in [3.8, 4) is 0 Å². The van der Waals surface area contributed by atoms with E-state index in [4.69, 9.17) is 10.5 Å². The van der Waals surface area contributed by atoms with E-state index in [0.29, 0.717) is 15.5 Å². The lowest BCUT2D eigenvalue weighted by Crippen LogP contribution is -2.18. The van der Waals surface area contributed by atoms with Crippen LogP contribution in [0.4, 0.5) is 5.69 Å². The first-order chi connectivity index (χ1) is 11.5. The second-order valence-corrected chi connectivity index (χ2v) is 5.83. The van der Waals surface area contributed by atoms with E-state index in [0.717, 1.165) is 0 Å². The average Bonchev–Trinajstić information content (AvgIpc) is 2.57. The van der Waals surface area contributed by atoms with Crippen LogP contribution in [0.25, 0.3) is 10.9 Å². The molecule has 8 heteroatoms. The standard InChI is InChI=1S/C16H13BrN4O3/c1-8(24-16(23)10-6-7-19-13(17)12(10)18)14-20-11-5-3-2-4-9(11)15(22)21-14/h2-8H,18H2,1H3,(H,20,21,22)/t8-/m1/s1. The summed E-state index contributed by atoms with van der Waals surface area (Å²) in [5.41, 5.74) is 6.43. The van der Waals surface area contributed by atoms with Crippen LogP contribution in [0.2, 0.25) is 0 Å². The number of carbonyl (C=O) groups excluding carboxylic acids is 1. The number of benzene rings is 1. The zero-order valence-corrected chi connectivity index (χ0v) is 14.2. The summed E-state index contributed by atoms with van der Waals surface area (Å²) >= 11 is 3.16. The van der Waals surface area contributed by atoms with Crippen LogP contribution in [-0.4, -0.2) is 20.9 Å². The van der Waals surface area contributed by atoms with Crippen molar-refractivity contribution in [2.75, 3.05) is 5.73 Å². The van der Waals surface area contributed by atoms with Gasteiger partial charge in [0.1, 0.15) is 4.60 Å². The number of carbonyl (C=O) groups is 1. The minimum Gasteiger partial charge on any atom is -0.451 e. The van der Waals surface area contributed by atoms with Crippen molar-refractivity contribution >= 4 is 38.5 Å². The molecule has 0 unspecified atom stereocenters. The molecule has 0 bridgehead atoms. The van der Waals surface area contributed by atoms with Gasteiger partial charge >= 0.3 is 5.97 Å². The molecule has 1 atom stereocenters. The number of pyridine rings is 1. The van der Waals surface area contributed by atoms with E-state index in [2.05, 4.69) is 30.9 Å². The lowest BCUT2D eigenvalue weighted by Gasteiger charge is -2.14. The van der Waals surface area contributed by atoms with Crippen molar-refractivity contribution in [3.63, 3.8) is 0 Å². The topological polar surface area (TPSA) is 111 Å². The molecule has 0 aliphatic rings. The number of esters is 1. The predicted molar refractivity (Wildman–Crippen MR) is 92.5 cm³/mol. The Kier molecular flexibility index (Phi) is 4.30. The molecule has 0 fully saturated rings. The number of nitrogens with two attached hydrogens (primary N) is 1. The first-order valence-electron chi connectivity index (χ1n) is 7.07. The Labute approximate surface area is 145 Å². The Balaban J connectivity index is 1.90. The number of nitrogens with zero attached hydrogens (tertiary/aromatic N) is 2. The van der Waals surface area contributed by atoms with E-state index in [-0.39, 0.29) is 22.6 Å². The van der Waals surface area contributed by atoms with Crippen LogP contribution < -0.4 is 11.3 Å². The van der Waals surface area contributed by atoms with E-state index in [1.165, 1.54) is 12.3 Å². The number of aromatic amines is 1. The fourth-order valence-electron chi connectivity index (χ4n) is 2.20. The summed E-state index contributed by atoms with van der Waals surface area (Å²) in [5, 5.41) is 0.474. The maximum absolute atomic E-state index is 12.3. The Hall–Kier alpha value is -2.74. The molecule has 0 aliphatic heterocycles. The number of anilines is 1. The summed E-state index contributed by atoms with van der Waals surface area (Å²) in [6, 6.07) is 8.40. The van der Waals surface area contributed by atoms with Crippen molar-refractivity contribution in [1.82, 2.24) is 15.0 Å². The summed E-state index contributed by atoms with van der Waals surface area (Å²) in [7, 11) is 0. The first kappa shape index (κ1) is 16.1. The molecule has 122 valence electrons.